The molecule has 0 bridgehead atoms. The number of carbonyl (C=O) groups is 1. The Morgan fingerprint density at radius 3 is 2.40 bits per heavy atom. The van der Waals surface area contributed by atoms with Gasteiger partial charge < -0.3 is 15.8 Å². The zero-order chi connectivity index (χ0) is 12.2. The number of amidine groups is 1. The van der Waals surface area contributed by atoms with Crippen LogP contribution < -0.4 is 5.73 Å². The highest BCUT2D eigenvalue weighted by Gasteiger charge is 2.31. The molecular formula is C10H21N3O2. The number of oxime groups is 1. The number of nitrogens with two attached hydrogens (primary N) is 1. The van der Waals surface area contributed by atoms with Gasteiger partial charge in [-0.15, -0.1) is 0 Å². The quantitative estimate of drug-likeness (QED) is 0.318. The van der Waals surface area contributed by atoms with Gasteiger partial charge in [0, 0.05) is 12.5 Å². The van der Waals surface area contributed by atoms with Crippen LogP contribution in [0.4, 0.5) is 0 Å². The van der Waals surface area contributed by atoms with E-state index in [1.54, 1.807) is 14.0 Å². The second kappa shape index (κ2) is 5.00. The Morgan fingerprint density at radius 2 is 2.07 bits per heavy atom. The summed E-state index contributed by atoms with van der Waals surface area (Å²) < 4.78 is 0. The first-order chi connectivity index (χ1) is 6.77. The number of hydrogen-bond donors (Lipinski definition) is 2. The fourth-order valence-corrected chi connectivity index (χ4v) is 1.09. The fraction of sp³-hybridized carbons (Fsp3) is 0.800. The highest BCUT2D eigenvalue weighted by Crippen LogP contribution is 2.23. The van der Waals surface area contributed by atoms with Crippen molar-refractivity contribution in [2.45, 2.75) is 40.2 Å². The molecule has 0 saturated carbocycles. The van der Waals surface area contributed by atoms with E-state index in [1.807, 2.05) is 20.8 Å². The molecule has 0 aromatic heterocycles. The second-order valence-corrected chi connectivity index (χ2v) is 4.35. The van der Waals surface area contributed by atoms with Crippen molar-refractivity contribution in [2.75, 3.05) is 7.05 Å². The van der Waals surface area contributed by atoms with Crippen molar-refractivity contribution in [1.29, 1.82) is 0 Å². The first-order valence-electron chi connectivity index (χ1n) is 5.02. The van der Waals surface area contributed by atoms with Crippen LogP contribution in [0.25, 0.3) is 0 Å². The lowest BCUT2D eigenvalue weighted by molar-refractivity contribution is -0.139. The predicted molar refractivity (Wildman–Crippen MR) is 59.7 cm³/mol. The van der Waals surface area contributed by atoms with E-state index in [9.17, 15) is 4.79 Å². The smallest absolute Gasteiger partial charge is 0.228 e. The SMILES string of the molecule is CCC(C)(C)C(=O)N(C)C(C)C(N)=NO. The Bertz CT molecular complexity index is 261. The van der Waals surface area contributed by atoms with E-state index in [2.05, 4.69) is 5.16 Å². The van der Waals surface area contributed by atoms with Crippen molar-refractivity contribution in [2.24, 2.45) is 16.3 Å². The fourth-order valence-electron chi connectivity index (χ4n) is 1.09. The minimum absolute atomic E-state index is 0.0101. The minimum atomic E-state index is -0.418. The maximum atomic E-state index is 12.0. The summed E-state index contributed by atoms with van der Waals surface area (Å²) in [6, 6.07) is -0.395. The van der Waals surface area contributed by atoms with Crippen LogP contribution in [0.5, 0.6) is 0 Å². The molecule has 0 heterocycles. The third kappa shape index (κ3) is 3.11. The van der Waals surface area contributed by atoms with E-state index >= 15 is 0 Å². The van der Waals surface area contributed by atoms with Gasteiger partial charge in [-0.1, -0.05) is 25.9 Å². The number of carbonyl (C=O) groups excluding carboxylic acids is 1. The Balaban J connectivity index is 4.73. The first-order valence-corrected chi connectivity index (χ1v) is 5.02. The van der Waals surface area contributed by atoms with Crippen LogP contribution in [0.1, 0.15) is 34.1 Å². The van der Waals surface area contributed by atoms with Crippen molar-refractivity contribution in [3.05, 3.63) is 0 Å². The second-order valence-electron chi connectivity index (χ2n) is 4.35. The summed E-state index contributed by atoms with van der Waals surface area (Å²) in [6.07, 6.45) is 0.749. The highest BCUT2D eigenvalue weighted by molar-refractivity contribution is 5.91. The summed E-state index contributed by atoms with van der Waals surface area (Å²) in [4.78, 5) is 13.5. The monoisotopic (exact) mass is 215 g/mol. The summed E-state index contributed by atoms with van der Waals surface area (Å²) in [5.74, 6) is 0.0295. The Hall–Kier alpha value is -1.26. The maximum Gasteiger partial charge on any atom is 0.228 e. The molecule has 0 aromatic carbocycles. The van der Waals surface area contributed by atoms with E-state index in [0.29, 0.717) is 0 Å². The van der Waals surface area contributed by atoms with E-state index in [4.69, 9.17) is 10.9 Å². The van der Waals surface area contributed by atoms with Gasteiger partial charge >= 0.3 is 0 Å². The molecule has 0 aliphatic carbocycles. The molecule has 0 aromatic rings. The van der Waals surface area contributed by atoms with Gasteiger partial charge in [-0.3, -0.25) is 4.79 Å². The molecule has 0 aliphatic heterocycles. The standard InChI is InChI=1S/C10H21N3O2/c1-6-10(3,4)9(14)13(5)7(2)8(11)12-15/h7,15H,6H2,1-5H3,(H2,11,12). The molecule has 3 N–H and O–H groups in total. The molecule has 0 rings (SSSR count). The van der Waals surface area contributed by atoms with Crippen LogP contribution in [-0.4, -0.2) is 34.9 Å². The average Bonchev–Trinajstić information content (AvgIpc) is 2.24. The third-order valence-corrected chi connectivity index (χ3v) is 2.91. The van der Waals surface area contributed by atoms with Gasteiger partial charge in [0.05, 0.1) is 6.04 Å². The third-order valence-electron chi connectivity index (χ3n) is 2.91. The lowest BCUT2D eigenvalue weighted by atomic mass is 9.88. The van der Waals surface area contributed by atoms with Gasteiger partial charge in [-0.05, 0) is 13.3 Å². The molecule has 88 valence electrons. The molecule has 0 radical (unpaired) electrons. The minimum Gasteiger partial charge on any atom is -0.409 e. The van der Waals surface area contributed by atoms with Gasteiger partial charge in [-0.25, -0.2) is 0 Å². The van der Waals surface area contributed by atoms with Crippen LogP contribution in [-0.2, 0) is 4.79 Å². The van der Waals surface area contributed by atoms with E-state index in [-0.39, 0.29) is 11.7 Å². The van der Waals surface area contributed by atoms with Crippen molar-refractivity contribution >= 4 is 11.7 Å². The zero-order valence-corrected chi connectivity index (χ0v) is 10.1. The molecule has 5 nitrogen and oxygen atoms in total. The lowest BCUT2D eigenvalue weighted by Crippen LogP contribution is -2.48. The first kappa shape index (κ1) is 13.7. The van der Waals surface area contributed by atoms with E-state index < -0.39 is 11.5 Å². The summed E-state index contributed by atoms with van der Waals surface area (Å²) in [5, 5.41) is 11.4. The topological polar surface area (TPSA) is 78.9 Å². The summed E-state index contributed by atoms with van der Waals surface area (Å²) >= 11 is 0. The molecular weight excluding hydrogens is 194 g/mol. The van der Waals surface area contributed by atoms with Gasteiger partial charge in [0.15, 0.2) is 5.84 Å². The van der Waals surface area contributed by atoms with Gasteiger partial charge in [0.1, 0.15) is 0 Å². The Labute approximate surface area is 90.9 Å². The lowest BCUT2D eigenvalue weighted by Gasteiger charge is -2.31. The number of hydrogen-bond acceptors (Lipinski definition) is 3. The van der Waals surface area contributed by atoms with Crippen LogP contribution in [0.3, 0.4) is 0 Å². The predicted octanol–water partition coefficient (Wildman–Crippen LogP) is 1.02. The van der Waals surface area contributed by atoms with Crippen molar-refractivity contribution in [3.63, 3.8) is 0 Å². The summed E-state index contributed by atoms with van der Waals surface area (Å²) in [6.45, 7) is 7.44. The summed E-state index contributed by atoms with van der Waals surface area (Å²) in [7, 11) is 1.66. The molecule has 0 spiro atoms. The number of rotatable bonds is 4. The average molecular weight is 215 g/mol. The van der Waals surface area contributed by atoms with Crippen LogP contribution in [0.15, 0.2) is 5.16 Å². The number of nitrogens with zero attached hydrogens (tertiary/aromatic N) is 2. The Kier molecular flexibility index (Phi) is 4.58. The Morgan fingerprint density at radius 1 is 1.60 bits per heavy atom. The number of likely N-dealkylation sites (N-methyl/N-ethyl adjacent to an activating group) is 1. The molecule has 15 heavy (non-hydrogen) atoms. The maximum absolute atomic E-state index is 12.0. The molecule has 1 amide bonds. The molecule has 0 saturated heterocycles. The van der Waals surface area contributed by atoms with E-state index in [0.717, 1.165) is 6.42 Å². The van der Waals surface area contributed by atoms with Crippen molar-refractivity contribution < 1.29 is 10.0 Å². The van der Waals surface area contributed by atoms with Crippen LogP contribution in [0.2, 0.25) is 0 Å². The van der Waals surface area contributed by atoms with E-state index in [1.165, 1.54) is 4.90 Å². The normalized spacial score (nSPS) is 14.9. The van der Waals surface area contributed by atoms with Gasteiger partial charge in [-0.2, -0.15) is 0 Å². The molecule has 0 fully saturated rings. The van der Waals surface area contributed by atoms with Crippen LogP contribution in [0, 0.1) is 5.41 Å². The van der Waals surface area contributed by atoms with Crippen molar-refractivity contribution in [1.82, 2.24) is 4.90 Å². The van der Waals surface area contributed by atoms with Crippen molar-refractivity contribution in [3.8, 4) is 0 Å². The molecule has 1 atom stereocenters. The summed E-state index contributed by atoms with van der Waals surface area (Å²) in [5.41, 5.74) is 5.03. The largest absolute Gasteiger partial charge is 0.409 e. The number of amides is 1. The zero-order valence-electron chi connectivity index (χ0n) is 10.1. The van der Waals surface area contributed by atoms with Gasteiger partial charge in [0.2, 0.25) is 5.91 Å². The van der Waals surface area contributed by atoms with Gasteiger partial charge in [0.25, 0.3) is 0 Å². The molecule has 0 aliphatic rings. The molecule has 5 heteroatoms. The molecule has 1 unspecified atom stereocenters. The highest BCUT2D eigenvalue weighted by atomic mass is 16.4. The van der Waals surface area contributed by atoms with Crippen LogP contribution >= 0.6 is 0 Å².